The lowest BCUT2D eigenvalue weighted by Crippen LogP contribution is -2.35. The van der Waals surface area contributed by atoms with Gasteiger partial charge in [-0.25, -0.2) is 0 Å². The molecule has 16 heavy (non-hydrogen) atoms. The molecule has 2 rings (SSSR count). The van der Waals surface area contributed by atoms with Crippen LogP contribution in [0.5, 0.6) is 11.5 Å². The van der Waals surface area contributed by atoms with Crippen LogP contribution >= 0.6 is 0 Å². The van der Waals surface area contributed by atoms with E-state index in [1.807, 2.05) is 25.1 Å². The van der Waals surface area contributed by atoms with Gasteiger partial charge < -0.3 is 14.6 Å². The van der Waals surface area contributed by atoms with E-state index in [9.17, 15) is 4.79 Å². The Morgan fingerprint density at radius 2 is 2.06 bits per heavy atom. The second-order valence-electron chi connectivity index (χ2n) is 4.18. The number of fused-ring (bicyclic) bond motifs is 1. The molecule has 1 aliphatic heterocycles. The topological polar surface area (TPSA) is 55.8 Å². The summed E-state index contributed by atoms with van der Waals surface area (Å²) in [7, 11) is 0. The van der Waals surface area contributed by atoms with Crippen molar-refractivity contribution >= 4 is 5.97 Å². The number of aliphatic carboxylic acids is 1. The van der Waals surface area contributed by atoms with Crippen LogP contribution in [0.15, 0.2) is 18.2 Å². The third-order valence-electron chi connectivity index (χ3n) is 2.54. The van der Waals surface area contributed by atoms with E-state index in [1.54, 1.807) is 6.92 Å². The van der Waals surface area contributed by atoms with Gasteiger partial charge in [-0.05, 0) is 24.6 Å². The van der Waals surface area contributed by atoms with Gasteiger partial charge in [-0.15, -0.1) is 0 Å². The molecule has 1 unspecified atom stereocenters. The number of hydrogen-bond donors (Lipinski definition) is 1. The normalized spacial score (nSPS) is 22.1. The van der Waals surface area contributed by atoms with E-state index in [2.05, 4.69) is 0 Å². The number of rotatable bonds is 3. The van der Waals surface area contributed by atoms with Crippen LogP contribution in [-0.2, 0) is 4.79 Å². The van der Waals surface area contributed by atoms with Gasteiger partial charge in [-0.3, -0.25) is 4.79 Å². The summed E-state index contributed by atoms with van der Waals surface area (Å²) in [6.07, 6.45) is 0.361. The van der Waals surface area contributed by atoms with Gasteiger partial charge in [-0.1, -0.05) is 6.07 Å². The van der Waals surface area contributed by atoms with Crippen molar-refractivity contribution in [2.24, 2.45) is 0 Å². The van der Waals surface area contributed by atoms with Crippen LogP contribution < -0.4 is 9.47 Å². The SMILES string of the molecule is Cc1ccc2c(c1)OC(C)(CCC(=O)O)O2. The Morgan fingerprint density at radius 1 is 1.38 bits per heavy atom. The number of ether oxygens (including phenoxy) is 2. The first kappa shape index (κ1) is 10.8. The van der Waals surface area contributed by atoms with Gasteiger partial charge in [0.05, 0.1) is 6.42 Å². The molecule has 0 bridgehead atoms. The molecular formula is C12H14O4. The fraction of sp³-hybridized carbons (Fsp3) is 0.417. The molecule has 1 atom stereocenters. The highest BCUT2D eigenvalue weighted by Gasteiger charge is 2.36. The molecule has 4 heteroatoms. The Morgan fingerprint density at radius 3 is 2.75 bits per heavy atom. The van der Waals surface area contributed by atoms with Gasteiger partial charge in [0, 0.05) is 13.3 Å². The molecule has 1 aromatic carbocycles. The molecule has 1 aliphatic rings. The quantitative estimate of drug-likeness (QED) is 0.852. The summed E-state index contributed by atoms with van der Waals surface area (Å²) in [6, 6.07) is 5.67. The minimum Gasteiger partial charge on any atom is -0.481 e. The van der Waals surface area contributed by atoms with Crippen LogP contribution in [-0.4, -0.2) is 16.9 Å². The van der Waals surface area contributed by atoms with Crippen LogP contribution in [0.1, 0.15) is 25.3 Å². The highest BCUT2D eigenvalue weighted by Crippen LogP contribution is 2.41. The third-order valence-corrected chi connectivity index (χ3v) is 2.54. The van der Waals surface area contributed by atoms with E-state index < -0.39 is 11.8 Å². The molecule has 0 radical (unpaired) electrons. The molecule has 0 amide bonds. The molecule has 0 saturated carbocycles. The monoisotopic (exact) mass is 222 g/mol. The average molecular weight is 222 g/mol. The third kappa shape index (κ3) is 2.10. The van der Waals surface area contributed by atoms with Crippen molar-refractivity contribution < 1.29 is 19.4 Å². The largest absolute Gasteiger partial charge is 0.481 e. The van der Waals surface area contributed by atoms with Crippen LogP contribution in [0.2, 0.25) is 0 Å². The predicted octanol–water partition coefficient (Wildman–Crippen LogP) is 2.35. The first-order valence-electron chi connectivity index (χ1n) is 5.19. The molecule has 0 fully saturated rings. The predicted molar refractivity (Wildman–Crippen MR) is 57.7 cm³/mol. The molecule has 0 aliphatic carbocycles. The Labute approximate surface area is 93.8 Å². The second-order valence-corrected chi connectivity index (χ2v) is 4.18. The van der Waals surface area contributed by atoms with Gasteiger partial charge in [0.2, 0.25) is 5.79 Å². The first-order valence-corrected chi connectivity index (χ1v) is 5.19. The van der Waals surface area contributed by atoms with Crippen molar-refractivity contribution in [1.82, 2.24) is 0 Å². The Hall–Kier alpha value is -1.71. The maximum absolute atomic E-state index is 10.5. The number of carboxylic acids is 1. The highest BCUT2D eigenvalue weighted by molar-refractivity contribution is 5.66. The number of carboxylic acid groups (broad SMARTS) is 1. The standard InChI is InChI=1S/C12H14O4/c1-8-3-4-9-10(7-8)16-12(2,15-9)6-5-11(13)14/h3-4,7H,5-6H2,1-2H3,(H,13,14). The summed E-state index contributed by atoms with van der Waals surface area (Å²) < 4.78 is 11.3. The van der Waals surface area contributed by atoms with Gasteiger partial charge in [0.1, 0.15) is 0 Å². The summed E-state index contributed by atoms with van der Waals surface area (Å²) >= 11 is 0. The number of aryl methyl sites for hydroxylation is 1. The van der Waals surface area contributed by atoms with E-state index >= 15 is 0 Å². The molecule has 0 aromatic heterocycles. The van der Waals surface area contributed by atoms with Gasteiger partial charge >= 0.3 is 5.97 Å². The molecule has 4 nitrogen and oxygen atoms in total. The summed E-state index contributed by atoms with van der Waals surface area (Å²) in [6.45, 7) is 3.72. The first-order chi connectivity index (χ1) is 7.48. The minimum absolute atomic E-state index is 0.0312. The van der Waals surface area contributed by atoms with Gasteiger partial charge in [-0.2, -0.15) is 0 Å². The highest BCUT2D eigenvalue weighted by atomic mass is 16.7. The molecule has 1 aromatic rings. The van der Waals surface area contributed by atoms with Gasteiger partial charge in [0.25, 0.3) is 0 Å². The molecular weight excluding hydrogens is 208 g/mol. The second kappa shape index (κ2) is 3.70. The van der Waals surface area contributed by atoms with Crippen molar-refractivity contribution in [3.05, 3.63) is 23.8 Å². The van der Waals surface area contributed by atoms with Crippen LogP contribution in [0.4, 0.5) is 0 Å². The van der Waals surface area contributed by atoms with E-state index in [-0.39, 0.29) is 6.42 Å². The van der Waals surface area contributed by atoms with Crippen LogP contribution in [0, 0.1) is 6.92 Å². The van der Waals surface area contributed by atoms with E-state index in [1.165, 1.54) is 0 Å². The van der Waals surface area contributed by atoms with Crippen molar-refractivity contribution in [3.8, 4) is 11.5 Å². The van der Waals surface area contributed by atoms with E-state index in [0.717, 1.165) is 5.56 Å². The summed E-state index contributed by atoms with van der Waals surface area (Å²) in [5.41, 5.74) is 1.09. The molecule has 0 saturated heterocycles. The maximum atomic E-state index is 10.5. The zero-order chi connectivity index (χ0) is 11.8. The number of hydrogen-bond acceptors (Lipinski definition) is 3. The Balaban J connectivity index is 2.11. The smallest absolute Gasteiger partial charge is 0.303 e. The van der Waals surface area contributed by atoms with Crippen LogP contribution in [0.3, 0.4) is 0 Å². The van der Waals surface area contributed by atoms with Crippen molar-refractivity contribution in [2.45, 2.75) is 32.5 Å². The van der Waals surface area contributed by atoms with E-state index in [4.69, 9.17) is 14.6 Å². The zero-order valence-corrected chi connectivity index (χ0v) is 9.32. The molecule has 1 heterocycles. The van der Waals surface area contributed by atoms with Gasteiger partial charge in [0.15, 0.2) is 11.5 Å². The summed E-state index contributed by atoms with van der Waals surface area (Å²) in [4.78, 5) is 10.5. The minimum atomic E-state index is -0.853. The Kier molecular flexibility index (Phi) is 2.50. The molecule has 86 valence electrons. The fourth-order valence-corrected chi connectivity index (χ4v) is 1.70. The lowest BCUT2D eigenvalue weighted by molar-refractivity contribution is -0.140. The van der Waals surface area contributed by atoms with Crippen molar-refractivity contribution in [3.63, 3.8) is 0 Å². The summed E-state index contributed by atoms with van der Waals surface area (Å²) in [5, 5.41) is 8.64. The van der Waals surface area contributed by atoms with E-state index in [0.29, 0.717) is 17.9 Å². The fourth-order valence-electron chi connectivity index (χ4n) is 1.70. The Bertz CT molecular complexity index is 427. The van der Waals surface area contributed by atoms with Crippen molar-refractivity contribution in [2.75, 3.05) is 0 Å². The average Bonchev–Trinajstić information content (AvgIpc) is 2.51. The molecule has 0 spiro atoms. The zero-order valence-electron chi connectivity index (χ0n) is 9.32. The number of benzene rings is 1. The van der Waals surface area contributed by atoms with Crippen LogP contribution in [0.25, 0.3) is 0 Å². The lowest BCUT2D eigenvalue weighted by Gasteiger charge is -2.21. The maximum Gasteiger partial charge on any atom is 0.303 e. The number of carbonyl (C=O) groups is 1. The molecule has 1 N–H and O–H groups in total. The summed E-state index contributed by atoms with van der Waals surface area (Å²) in [5.74, 6) is -0.332. The van der Waals surface area contributed by atoms with Crippen molar-refractivity contribution in [1.29, 1.82) is 0 Å². The lowest BCUT2D eigenvalue weighted by atomic mass is 10.2.